The molecule has 29 heavy (non-hydrogen) atoms. The summed E-state index contributed by atoms with van der Waals surface area (Å²) < 4.78 is 22.2. The number of carbonyl (C=O) groups excluding carboxylic acids is 1. The number of allylic oxidation sites excluding steroid dienone is 1. The number of rotatable bonds is 11. The van der Waals surface area contributed by atoms with Crippen LogP contribution in [-0.4, -0.2) is 44.2 Å². The van der Waals surface area contributed by atoms with Gasteiger partial charge in [0.2, 0.25) is 0 Å². The Bertz CT molecular complexity index is 716. The summed E-state index contributed by atoms with van der Waals surface area (Å²) in [5.41, 5.74) is 9.63. The quantitative estimate of drug-likeness (QED) is 0.138. The molecular formula is C21H29N3O5. The zero-order valence-corrected chi connectivity index (χ0v) is 17.2. The first-order valence-electron chi connectivity index (χ1n) is 9.68. The Morgan fingerprint density at radius 1 is 1.34 bits per heavy atom. The van der Waals surface area contributed by atoms with E-state index in [9.17, 15) is 4.79 Å². The third kappa shape index (κ3) is 7.87. The highest BCUT2D eigenvalue weighted by Gasteiger charge is 2.39. The minimum Gasteiger partial charge on any atom is -0.469 e. The number of benzene rings is 1. The zero-order chi connectivity index (χ0) is 21.1. The molecule has 1 aliphatic heterocycles. The summed E-state index contributed by atoms with van der Waals surface area (Å²) in [5, 5.41) is 3.58. The number of ether oxygens (including phenoxy) is 4. The van der Waals surface area contributed by atoms with Crippen molar-refractivity contribution < 1.29 is 23.7 Å². The summed E-state index contributed by atoms with van der Waals surface area (Å²) in [5.74, 6) is -1.33. The van der Waals surface area contributed by atoms with Gasteiger partial charge in [-0.05, 0) is 37.8 Å². The van der Waals surface area contributed by atoms with Gasteiger partial charge in [0.25, 0.3) is 0 Å². The molecule has 158 valence electrons. The standard InChI is InChI=1S/C21H29N3O5/c1-21(2)28-18(19(29-21)14-23-24-22)11-7-10-17(20(25)26-3)12-13-27-15-16-8-5-4-6-9-16/h4-9,11,17-19H,10,12-15H2,1-3H3/b11-7+/t17?,18-,19+/m0/s1. The zero-order valence-electron chi connectivity index (χ0n) is 17.2. The van der Waals surface area contributed by atoms with Gasteiger partial charge >= 0.3 is 5.97 Å². The molecule has 1 heterocycles. The van der Waals surface area contributed by atoms with Crippen LogP contribution in [0.2, 0.25) is 0 Å². The normalized spacial score (nSPS) is 21.6. The first-order chi connectivity index (χ1) is 13.9. The van der Waals surface area contributed by atoms with Crippen molar-refractivity contribution in [3.63, 3.8) is 0 Å². The van der Waals surface area contributed by atoms with Crippen molar-refractivity contribution in [2.75, 3.05) is 20.3 Å². The van der Waals surface area contributed by atoms with Crippen LogP contribution in [0.3, 0.4) is 0 Å². The second kappa shape index (κ2) is 11.6. The maximum Gasteiger partial charge on any atom is 0.309 e. The average Bonchev–Trinajstić information content (AvgIpc) is 3.01. The van der Waals surface area contributed by atoms with Crippen LogP contribution in [0.15, 0.2) is 47.6 Å². The Morgan fingerprint density at radius 2 is 2.10 bits per heavy atom. The molecule has 0 bridgehead atoms. The van der Waals surface area contributed by atoms with Gasteiger partial charge in [-0.25, -0.2) is 0 Å². The molecular weight excluding hydrogens is 374 g/mol. The van der Waals surface area contributed by atoms with Gasteiger partial charge in [0.15, 0.2) is 5.79 Å². The van der Waals surface area contributed by atoms with E-state index in [1.165, 1.54) is 7.11 Å². The topological polar surface area (TPSA) is 103 Å². The molecule has 1 saturated heterocycles. The highest BCUT2D eigenvalue weighted by Crippen LogP contribution is 2.29. The Balaban J connectivity index is 1.85. The van der Waals surface area contributed by atoms with E-state index in [4.69, 9.17) is 24.5 Å². The maximum absolute atomic E-state index is 12.1. The van der Waals surface area contributed by atoms with Gasteiger partial charge in [0.1, 0.15) is 6.10 Å². The summed E-state index contributed by atoms with van der Waals surface area (Å²) in [7, 11) is 1.39. The van der Waals surface area contributed by atoms with E-state index < -0.39 is 5.79 Å². The number of carbonyl (C=O) groups is 1. The fourth-order valence-corrected chi connectivity index (χ4v) is 3.15. The summed E-state index contributed by atoms with van der Waals surface area (Å²) in [6.07, 6.45) is 4.09. The number of esters is 1. The van der Waals surface area contributed by atoms with Crippen molar-refractivity contribution in [2.24, 2.45) is 11.0 Å². The SMILES string of the molecule is COC(=O)C(C/C=C/[C@@H]1OC(C)(C)O[C@@H]1CN=[N+]=[N-])CCOCc1ccccc1. The molecule has 1 aromatic carbocycles. The van der Waals surface area contributed by atoms with Crippen LogP contribution in [0, 0.1) is 5.92 Å². The van der Waals surface area contributed by atoms with Gasteiger partial charge in [0, 0.05) is 11.5 Å². The van der Waals surface area contributed by atoms with Gasteiger partial charge in [-0.15, -0.1) is 0 Å². The predicted molar refractivity (Wildman–Crippen MR) is 108 cm³/mol. The molecule has 1 aliphatic rings. The minimum atomic E-state index is -0.752. The third-order valence-electron chi connectivity index (χ3n) is 4.55. The second-order valence-electron chi connectivity index (χ2n) is 7.26. The number of azide groups is 1. The van der Waals surface area contributed by atoms with E-state index in [0.717, 1.165) is 5.56 Å². The largest absolute Gasteiger partial charge is 0.469 e. The van der Waals surface area contributed by atoms with Crippen LogP contribution in [0.4, 0.5) is 0 Å². The molecule has 8 nitrogen and oxygen atoms in total. The fourth-order valence-electron chi connectivity index (χ4n) is 3.15. The van der Waals surface area contributed by atoms with Gasteiger partial charge in [0.05, 0.1) is 32.3 Å². The monoisotopic (exact) mass is 403 g/mol. The molecule has 8 heteroatoms. The fraction of sp³-hybridized carbons (Fsp3) is 0.571. The molecule has 0 saturated carbocycles. The first kappa shape index (κ1) is 22.9. The van der Waals surface area contributed by atoms with E-state index >= 15 is 0 Å². The molecule has 0 aromatic heterocycles. The third-order valence-corrected chi connectivity index (χ3v) is 4.55. The lowest BCUT2D eigenvalue weighted by Crippen LogP contribution is -2.24. The lowest BCUT2D eigenvalue weighted by molar-refractivity contribution is -0.146. The minimum absolute atomic E-state index is 0.183. The van der Waals surface area contributed by atoms with Crippen LogP contribution >= 0.6 is 0 Å². The van der Waals surface area contributed by atoms with Gasteiger partial charge in [-0.2, -0.15) is 0 Å². The van der Waals surface area contributed by atoms with Crippen molar-refractivity contribution in [1.82, 2.24) is 0 Å². The summed E-state index contributed by atoms with van der Waals surface area (Å²) >= 11 is 0. The summed E-state index contributed by atoms with van der Waals surface area (Å²) in [4.78, 5) is 14.9. The van der Waals surface area contributed by atoms with Crippen LogP contribution in [-0.2, 0) is 30.3 Å². The van der Waals surface area contributed by atoms with E-state index in [2.05, 4.69) is 10.0 Å². The van der Waals surface area contributed by atoms with E-state index in [1.54, 1.807) is 0 Å². The second-order valence-corrected chi connectivity index (χ2v) is 7.26. The lowest BCUT2D eigenvalue weighted by Gasteiger charge is -2.16. The Labute approximate surface area is 171 Å². The Morgan fingerprint density at radius 3 is 2.79 bits per heavy atom. The predicted octanol–water partition coefficient (Wildman–Crippen LogP) is 4.16. The average molecular weight is 403 g/mol. The van der Waals surface area contributed by atoms with Crippen molar-refractivity contribution in [3.05, 3.63) is 58.5 Å². The van der Waals surface area contributed by atoms with Crippen molar-refractivity contribution >= 4 is 5.97 Å². The first-order valence-corrected chi connectivity index (χ1v) is 9.68. The van der Waals surface area contributed by atoms with Gasteiger partial charge in [-0.3, -0.25) is 4.79 Å². The van der Waals surface area contributed by atoms with E-state index in [-0.39, 0.29) is 30.6 Å². The van der Waals surface area contributed by atoms with E-state index in [1.807, 2.05) is 56.3 Å². The molecule has 0 spiro atoms. The lowest BCUT2D eigenvalue weighted by atomic mass is 10.0. The van der Waals surface area contributed by atoms with Crippen molar-refractivity contribution in [1.29, 1.82) is 0 Å². The molecule has 2 rings (SSSR count). The molecule has 0 radical (unpaired) electrons. The van der Waals surface area contributed by atoms with Crippen LogP contribution in [0.5, 0.6) is 0 Å². The molecule has 0 amide bonds. The number of nitrogens with zero attached hydrogens (tertiary/aromatic N) is 3. The number of methoxy groups -OCH3 is 1. The van der Waals surface area contributed by atoms with Gasteiger partial charge < -0.3 is 18.9 Å². The summed E-state index contributed by atoms with van der Waals surface area (Å²) in [6.45, 7) is 4.77. The molecule has 1 fully saturated rings. The number of hydrogen-bond acceptors (Lipinski definition) is 6. The smallest absolute Gasteiger partial charge is 0.309 e. The highest BCUT2D eigenvalue weighted by atomic mass is 16.7. The molecule has 0 aliphatic carbocycles. The molecule has 0 N–H and O–H groups in total. The van der Waals surface area contributed by atoms with Crippen molar-refractivity contribution in [3.8, 4) is 0 Å². The molecule has 1 aromatic rings. The number of hydrogen-bond donors (Lipinski definition) is 0. The van der Waals surface area contributed by atoms with Crippen LogP contribution in [0.1, 0.15) is 32.3 Å². The summed E-state index contributed by atoms with van der Waals surface area (Å²) in [6, 6.07) is 9.88. The van der Waals surface area contributed by atoms with E-state index in [0.29, 0.717) is 26.1 Å². The highest BCUT2D eigenvalue weighted by molar-refractivity contribution is 5.72. The van der Waals surface area contributed by atoms with Crippen LogP contribution < -0.4 is 0 Å². The Hall–Kier alpha value is -2.38. The van der Waals surface area contributed by atoms with Crippen molar-refractivity contribution in [2.45, 2.75) is 51.3 Å². The van der Waals surface area contributed by atoms with Crippen LogP contribution in [0.25, 0.3) is 10.4 Å². The maximum atomic E-state index is 12.1. The molecule has 3 atom stereocenters. The van der Waals surface area contributed by atoms with Gasteiger partial charge in [-0.1, -0.05) is 47.6 Å². The molecule has 1 unspecified atom stereocenters. The Kier molecular flexibility index (Phi) is 9.15.